The molecule has 0 saturated heterocycles. The maximum absolute atomic E-state index is 11.0. The van der Waals surface area contributed by atoms with Crippen LogP contribution in [0.5, 0.6) is 5.75 Å². The molecule has 1 N–H and O–H groups in total. The Hall–Kier alpha value is -1.43. The van der Waals surface area contributed by atoms with Gasteiger partial charge in [-0.05, 0) is 48.6 Å². The van der Waals surface area contributed by atoms with E-state index in [-0.39, 0.29) is 16.5 Å². The van der Waals surface area contributed by atoms with Crippen LogP contribution in [0.4, 0.5) is 0 Å². The third-order valence-electron chi connectivity index (χ3n) is 4.41. The van der Waals surface area contributed by atoms with Crippen LogP contribution in [0.25, 0.3) is 0 Å². The zero-order valence-electron chi connectivity index (χ0n) is 14.9. The molecule has 1 aliphatic rings. The number of carbonyl (C=O) groups is 1. The van der Waals surface area contributed by atoms with Crippen molar-refractivity contribution in [3.8, 4) is 5.75 Å². The van der Waals surface area contributed by atoms with Gasteiger partial charge in [-0.15, -0.1) is 11.6 Å². The van der Waals surface area contributed by atoms with E-state index in [0.29, 0.717) is 23.8 Å². The molecule has 3 atom stereocenters. The smallest absolute Gasteiger partial charge is 0.307 e. The highest BCUT2D eigenvalue weighted by atomic mass is 35.5. The lowest BCUT2D eigenvalue weighted by molar-refractivity contribution is -0.138. The van der Waals surface area contributed by atoms with Crippen molar-refractivity contribution in [3.63, 3.8) is 0 Å². The number of alkyl halides is 1. The fourth-order valence-corrected chi connectivity index (χ4v) is 4.63. The number of thioether (sulfide) groups is 1. The third kappa shape index (κ3) is 5.53. The summed E-state index contributed by atoms with van der Waals surface area (Å²) in [6.07, 6.45) is 2.61. The molecule has 27 heavy (non-hydrogen) atoms. The number of aliphatic carboxylic acids is 1. The highest BCUT2D eigenvalue weighted by Gasteiger charge is 2.45. The minimum absolute atomic E-state index is 0.00559. The second-order valence-corrected chi connectivity index (χ2v) is 8.96. The molecule has 0 radical (unpaired) electrons. The Morgan fingerprint density at radius 1 is 1.41 bits per heavy atom. The van der Waals surface area contributed by atoms with Crippen LogP contribution >= 0.6 is 35.0 Å². The van der Waals surface area contributed by atoms with Gasteiger partial charge in [-0.3, -0.25) is 4.79 Å². The zero-order valence-corrected chi connectivity index (χ0v) is 17.2. The van der Waals surface area contributed by atoms with Crippen molar-refractivity contribution in [3.05, 3.63) is 52.7 Å². The topological polar surface area (TPSA) is 59.4 Å². The molecule has 0 amide bonds. The Bertz CT molecular complexity index is 818. The molecule has 3 rings (SSSR count). The van der Waals surface area contributed by atoms with Crippen LogP contribution in [0.15, 0.2) is 41.4 Å². The van der Waals surface area contributed by atoms with Gasteiger partial charge in [0.15, 0.2) is 0 Å². The number of hydrogen-bond acceptors (Lipinski definition) is 4. The number of hydrogen-bond donors (Lipinski definition) is 1. The van der Waals surface area contributed by atoms with Crippen LogP contribution in [0, 0.1) is 5.92 Å². The minimum Gasteiger partial charge on any atom is -0.487 e. The lowest BCUT2D eigenvalue weighted by Gasteiger charge is -2.10. The van der Waals surface area contributed by atoms with Crippen molar-refractivity contribution >= 4 is 40.9 Å². The third-order valence-corrected chi connectivity index (χ3v) is 6.18. The predicted molar refractivity (Wildman–Crippen MR) is 109 cm³/mol. The average molecular weight is 426 g/mol. The molecule has 1 saturated carbocycles. The normalized spacial score (nSPS) is 19.5. The van der Waals surface area contributed by atoms with E-state index in [1.807, 2.05) is 30.3 Å². The fourth-order valence-electron chi connectivity index (χ4n) is 2.89. The summed E-state index contributed by atoms with van der Waals surface area (Å²) in [6, 6.07) is 11.2. The highest BCUT2D eigenvalue weighted by molar-refractivity contribution is 8.01. The highest BCUT2D eigenvalue weighted by Crippen LogP contribution is 2.50. The minimum atomic E-state index is -0.765. The summed E-state index contributed by atoms with van der Waals surface area (Å²) < 4.78 is 5.82. The van der Waals surface area contributed by atoms with Gasteiger partial charge in [0.1, 0.15) is 12.4 Å². The van der Waals surface area contributed by atoms with Crippen LogP contribution in [0.1, 0.15) is 43.4 Å². The molecule has 0 aliphatic heterocycles. The molecule has 0 spiro atoms. The molecule has 144 valence electrons. The quantitative estimate of drug-likeness (QED) is 0.396. The second-order valence-electron chi connectivity index (χ2n) is 6.54. The Balaban J connectivity index is 1.59. The Morgan fingerprint density at radius 2 is 2.22 bits per heavy atom. The standard InChI is InChI=1S/C20H21Cl2NO3S/c1-2-4-18(22)27-19-6-3-5-12(23-19)11-26-13-7-8-14(17(21)9-13)15-10-16(15)20(24)25/h3,5-9,15-16,18H,2,4,10-11H2,1H3,(H,24,25). The first kappa shape index (κ1) is 20.3. The van der Waals surface area contributed by atoms with Crippen LogP contribution in [-0.2, 0) is 11.4 Å². The number of pyridine rings is 1. The molecular formula is C20H21Cl2NO3S. The van der Waals surface area contributed by atoms with E-state index in [0.717, 1.165) is 29.1 Å². The number of aromatic nitrogens is 1. The summed E-state index contributed by atoms with van der Waals surface area (Å²) in [7, 11) is 0. The summed E-state index contributed by atoms with van der Waals surface area (Å²) in [5, 5.41) is 10.5. The Morgan fingerprint density at radius 3 is 2.89 bits per heavy atom. The van der Waals surface area contributed by atoms with Gasteiger partial charge in [0.25, 0.3) is 0 Å². The van der Waals surface area contributed by atoms with E-state index in [4.69, 9.17) is 33.0 Å². The van der Waals surface area contributed by atoms with Gasteiger partial charge in [-0.25, -0.2) is 4.98 Å². The van der Waals surface area contributed by atoms with Gasteiger partial charge in [0, 0.05) is 5.02 Å². The van der Waals surface area contributed by atoms with Crippen molar-refractivity contribution in [2.75, 3.05) is 0 Å². The van der Waals surface area contributed by atoms with Crippen LogP contribution in [0.3, 0.4) is 0 Å². The molecule has 4 nitrogen and oxygen atoms in total. The van der Waals surface area contributed by atoms with Crippen molar-refractivity contribution in [2.24, 2.45) is 5.92 Å². The van der Waals surface area contributed by atoms with E-state index < -0.39 is 5.97 Å². The molecule has 1 heterocycles. The number of carboxylic acid groups (broad SMARTS) is 1. The summed E-state index contributed by atoms with van der Waals surface area (Å²) >= 11 is 14.1. The van der Waals surface area contributed by atoms with Crippen molar-refractivity contribution < 1.29 is 14.6 Å². The molecule has 1 aromatic carbocycles. The summed E-state index contributed by atoms with van der Waals surface area (Å²) in [6.45, 7) is 2.43. The molecule has 7 heteroatoms. The van der Waals surface area contributed by atoms with Gasteiger partial charge in [-0.2, -0.15) is 0 Å². The fraction of sp³-hybridized carbons (Fsp3) is 0.400. The number of carboxylic acids is 1. The molecule has 1 aliphatic carbocycles. The Labute approximate surface area is 173 Å². The van der Waals surface area contributed by atoms with Crippen LogP contribution < -0.4 is 4.74 Å². The van der Waals surface area contributed by atoms with Crippen molar-refractivity contribution in [2.45, 2.75) is 48.4 Å². The second kappa shape index (κ2) is 9.18. The lowest BCUT2D eigenvalue weighted by atomic mass is 10.1. The maximum atomic E-state index is 11.0. The number of ether oxygens (including phenoxy) is 1. The van der Waals surface area contributed by atoms with Gasteiger partial charge in [0.2, 0.25) is 0 Å². The van der Waals surface area contributed by atoms with Crippen molar-refractivity contribution in [1.29, 1.82) is 0 Å². The number of rotatable bonds is 9. The number of benzene rings is 1. The van der Waals surface area contributed by atoms with E-state index in [2.05, 4.69) is 11.9 Å². The summed E-state index contributed by atoms with van der Waals surface area (Å²) in [5.41, 5.74) is 1.69. The van der Waals surface area contributed by atoms with Gasteiger partial charge in [0.05, 0.1) is 21.3 Å². The number of halogens is 2. The van der Waals surface area contributed by atoms with Crippen molar-refractivity contribution in [1.82, 2.24) is 4.98 Å². The molecule has 2 aromatic rings. The van der Waals surface area contributed by atoms with Gasteiger partial charge in [-0.1, -0.05) is 48.8 Å². The SMILES string of the molecule is CCCC(Cl)Sc1cccc(COc2ccc(C3CC3C(=O)O)c(Cl)c2)n1. The Kier molecular flexibility index (Phi) is 6.90. The molecule has 1 fully saturated rings. The molecule has 1 aromatic heterocycles. The molecule has 0 bridgehead atoms. The largest absolute Gasteiger partial charge is 0.487 e. The van der Waals surface area contributed by atoms with E-state index in [9.17, 15) is 4.79 Å². The van der Waals surface area contributed by atoms with Crippen LogP contribution in [-0.4, -0.2) is 20.8 Å². The molecular weight excluding hydrogens is 405 g/mol. The predicted octanol–water partition coefficient (Wildman–Crippen LogP) is 5.96. The van der Waals surface area contributed by atoms with E-state index in [1.54, 1.807) is 17.8 Å². The van der Waals surface area contributed by atoms with Gasteiger partial charge < -0.3 is 9.84 Å². The first-order chi connectivity index (χ1) is 13.0. The van der Waals surface area contributed by atoms with E-state index >= 15 is 0 Å². The van der Waals surface area contributed by atoms with E-state index in [1.165, 1.54) is 0 Å². The number of nitrogens with zero attached hydrogens (tertiary/aromatic N) is 1. The summed E-state index contributed by atoms with van der Waals surface area (Å²) in [5.74, 6) is -0.445. The monoisotopic (exact) mass is 425 g/mol. The first-order valence-corrected chi connectivity index (χ1v) is 10.6. The maximum Gasteiger partial charge on any atom is 0.307 e. The van der Waals surface area contributed by atoms with Crippen LogP contribution in [0.2, 0.25) is 5.02 Å². The zero-order chi connectivity index (χ0) is 19.4. The van der Waals surface area contributed by atoms with Gasteiger partial charge >= 0.3 is 5.97 Å². The molecule has 3 unspecified atom stereocenters. The lowest BCUT2D eigenvalue weighted by Crippen LogP contribution is -2.01. The summed E-state index contributed by atoms with van der Waals surface area (Å²) in [4.78, 5) is 15.6. The average Bonchev–Trinajstić information content (AvgIpc) is 3.41. The first-order valence-electron chi connectivity index (χ1n) is 8.89.